The Kier molecular flexibility index (Phi) is 5.02. The second-order valence-electron chi connectivity index (χ2n) is 4.10. The van der Waals surface area contributed by atoms with E-state index < -0.39 is 5.91 Å². The van der Waals surface area contributed by atoms with E-state index in [2.05, 4.69) is 10.5 Å². The van der Waals surface area contributed by atoms with Gasteiger partial charge < -0.3 is 18.6 Å². The lowest BCUT2D eigenvalue weighted by Gasteiger charge is -2.13. The van der Waals surface area contributed by atoms with E-state index in [1.165, 1.54) is 33.8 Å². The van der Waals surface area contributed by atoms with Gasteiger partial charge in [0.2, 0.25) is 5.75 Å². The van der Waals surface area contributed by atoms with E-state index in [4.69, 9.17) is 18.6 Å². The Morgan fingerprint density at radius 2 is 1.91 bits per heavy atom. The summed E-state index contributed by atoms with van der Waals surface area (Å²) in [4.78, 5) is 11.7. The smallest absolute Gasteiger partial charge is 0.307 e. The molecule has 7 heteroatoms. The van der Waals surface area contributed by atoms with E-state index in [0.29, 0.717) is 22.8 Å². The van der Waals surface area contributed by atoms with Crippen molar-refractivity contribution in [1.82, 2.24) is 5.43 Å². The third-order valence-corrected chi connectivity index (χ3v) is 2.85. The van der Waals surface area contributed by atoms with Crippen molar-refractivity contribution in [3.05, 3.63) is 41.9 Å². The number of nitrogens with one attached hydrogen (secondary N) is 1. The first kappa shape index (κ1) is 15.4. The monoisotopic (exact) mass is 304 g/mol. The van der Waals surface area contributed by atoms with Gasteiger partial charge in [0, 0.05) is 5.56 Å². The molecule has 0 unspecified atom stereocenters. The molecule has 0 fully saturated rings. The molecule has 0 saturated carbocycles. The number of hydrogen-bond acceptors (Lipinski definition) is 6. The number of carbonyl (C=O) groups excluding carboxylic acids is 1. The van der Waals surface area contributed by atoms with Crippen LogP contribution in [0.2, 0.25) is 0 Å². The van der Waals surface area contributed by atoms with Gasteiger partial charge in [-0.2, -0.15) is 5.10 Å². The second kappa shape index (κ2) is 7.16. The molecule has 116 valence electrons. The van der Waals surface area contributed by atoms with Crippen molar-refractivity contribution in [2.24, 2.45) is 5.10 Å². The van der Waals surface area contributed by atoms with E-state index in [1.54, 1.807) is 24.3 Å². The normalized spacial score (nSPS) is 10.5. The van der Waals surface area contributed by atoms with Crippen LogP contribution >= 0.6 is 0 Å². The average Bonchev–Trinajstić information content (AvgIpc) is 3.08. The molecule has 0 aliphatic heterocycles. The quantitative estimate of drug-likeness (QED) is 0.652. The van der Waals surface area contributed by atoms with Gasteiger partial charge in [0.05, 0.1) is 33.8 Å². The van der Waals surface area contributed by atoms with E-state index in [-0.39, 0.29) is 5.76 Å². The number of furan rings is 1. The predicted octanol–water partition coefficient (Wildman–Crippen LogP) is 2.07. The van der Waals surface area contributed by atoms with Crippen LogP contribution < -0.4 is 19.6 Å². The first-order chi connectivity index (χ1) is 10.7. The third-order valence-electron chi connectivity index (χ3n) is 2.85. The zero-order valence-corrected chi connectivity index (χ0v) is 12.5. The molecule has 1 aromatic carbocycles. The van der Waals surface area contributed by atoms with Crippen LogP contribution in [0, 0.1) is 0 Å². The molecular weight excluding hydrogens is 288 g/mol. The van der Waals surface area contributed by atoms with Crippen molar-refractivity contribution in [2.45, 2.75) is 0 Å². The number of amides is 1. The Balaban J connectivity index is 2.18. The van der Waals surface area contributed by atoms with Crippen molar-refractivity contribution < 1.29 is 23.4 Å². The molecular formula is C15H16N2O5. The van der Waals surface area contributed by atoms with E-state index in [9.17, 15) is 4.79 Å². The fourth-order valence-corrected chi connectivity index (χ4v) is 1.85. The van der Waals surface area contributed by atoms with Crippen molar-refractivity contribution >= 4 is 12.1 Å². The van der Waals surface area contributed by atoms with Crippen molar-refractivity contribution in [3.8, 4) is 17.2 Å². The fraction of sp³-hybridized carbons (Fsp3) is 0.200. The minimum atomic E-state index is -0.444. The molecule has 1 aromatic heterocycles. The molecule has 0 bridgehead atoms. The summed E-state index contributed by atoms with van der Waals surface area (Å²) < 4.78 is 20.7. The fourth-order valence-electron chi connectivity index (χ4n) is 1.85. The summed E-state index contributed by atoms with van der Waals surface area (Å²) in [5.74, 6) is 1.18. The van der Waals surface area contributed by atoms with Gasteiger partial charge in [0.1, 0.15) is 0 Å². The van der Waals surface area contributed by atoms with Gasteiger partial charge in [-0.25, -0.2) is 5.43 Å². The van der Waals surface area contributed by atoms with Crippen LogP contribution in [0.3, 0.4) is 0 Å². The Bertz CT molecular complexity index is 665. The number of rotatable bonds is 6. The van der Waals surface area contributed by atoms with Crippen LogP contribution in [0.4, 0.5) is 0 Å². The lowest BCUT2D eigenvalue weighted by molar-refractivity contribution is 0.0927. The number of hydrazone groups is 1. The molecule has 2 rings (SSSR count). The second-order valence-corrected chi connectivity index (χ2v) is 4.10. The van der Waals surface area contributed by atoms with Crippen molar-refractivity contribution in [2.75, 3.05) is 21.3 Å². The largest absolute Gasteiger partial charge is 0.493 e. The molecule has 1 N–H and O–H groups in total. The summed E-state index contributed by atoms with van der Waals surface area (Å²) in [6.07, 6.45) is 2.86. The van der Waals surface area contributed by atoms with Crippen LogP contribution in [0.15, 0.2) is 40.0 Å². The Hall–Kier alpha value is -2.96. The van der Waals surface area contributed by atoms with E-state index >= 15 is 0 Å². The van der Waals surface area contributed by atoms with E-state index in [1.807, 2.05) is 0 Å². The first-order valence-corrected chi connectivity index (χ1v) is 6.37. The molecule has 0 aliphatic rings. The van der Waals surface area contributed by atoms with Crippen LogP contribution in [-0.4, -0.2) is 33.5 Å². The number of benzene rings is 1. The van der Waals surface area contributed by atoms with Gasteiger partial charge in [-0.05, 0) is 24.3 Å². The third kappa shape index (κ3) is 3.20. The van der Waals surface area contributed by atoms with Crippen molar-refractivity contribution in [1.29, 1.82) is 0 Å². The lowest BCUT2D eigenvalue weighted by atomic mass is 10.2. The van der Waals surface area contributed by atoms with Gasteiger partial charge in [-0.3, -0.25) is 4.79 Å². The molecule has 22 heavy (non-hydrogen) atoms. The van der Waals surface area contributed by atoms with Gasteiger partial charge >= 0.3 is 5.91 Å². The van der Waals surface area contributed by atoms with Crippen LogP contribution in [0.5, 0.6) is 17.2 Å². The maximum Gasteiger partial charge on any atom is 0.307 e. The topological polar surface area (TPSA) is 82.3 Å². The van der Waals surface area contributed by atoms with Gasteiger partial charge in [-0.1, -0.05) is 0 Å². The highest BCUT2D eigenvalue weighted by Crippen LogP contribution is 2.38. The SMILES string of the molecule is COc1ccc(/C=N/NC(=O)c2ccco2)c(OC)c1OC. The van der Waals surface area contributed by atoms with E-state index in [0.717, 1.165) is 0 Å². The molecule has 0 aliphatic carbocycles. The summed E-state index contributed by atoms with van der Waals surface area (Å²) in [7, 11) is 4.56. The molecule has 7 nitrogen and oxygen atoms in total. The lowest BCUT2D eigenvalue weighted by Crippen LogP contribution is -2.16. The van der Waals surface area contributed by atoms with Gasteiger partial charge in [0.25, 0.3) is 0 Å². The highest BCUT2D eigenvalue weighted by molar-refractivity contribution is 5.93. The summed E-state index contributed by atoms with van der Waals surface area (Å²) in [5.41, 5.74) is 2.98. The van der Waals surface area contributed by atoms with Gasteiger partial charge in [0.15, 0.2) is 17.3 Å². The highest BCUT2D eigenvalue weighted by Gasteiger charge is 2.14. The summed E-state index contributed by atoms with van der Waals surface area (Å²) in [6.45, 7) is 0. The standard InChI is InChI=1S/C15H16N2O5/c1-19-11-7-6-10(13(20-2)14(11)21-3)9-16-17-15(18)12-5-4-8-22-12/h4-9H,1-3H3,(H,17,18)/b16-9+. The summed E-state index contributed by atoms with van der Waals surface area (Å²) in [5, 5.41) is 3.88. The highest BCUT2D eigenvalue weighted by atomic mass is 16.5. The molecule has 0 atom stereocenters. The molecule has 1 amide bonds. The summed E-state index contributed by atoms with van der Waals surface area (Å²) >= 11 is 0. The number of methoxy groups -OCH3 is 3. The zero-order chi connectivity index (χ0) is 15.9. The van der Waals surface area contributed by atoms with Crippen molar-refractivity contribution in [3.63, 3.8) is 0 Å². The van der Waals surface area contributed by atoms with Crippen LogP contribution in [0.1, 0.15) is 16.1 Å². The molecule has 0 radical (unpaired) electrons. The molecule has 0 spiro atoms. The first-order valence-electron chi connectivity index (χ1n) is 6.37. The average molecular weight is 304 g/mol. The number of nitrogens with zero attached hydrogens (tertiary/aromatic N) is 1. The maximum atomic E-state index is 11.7. The number of carbonyl (C=O) groups is 1. The minimum absolute atomic E-state index is 0.177. The predicted molar refractivity (Wildman–Crippen MR) is 79.9 cm³/mol. The Labute approximate surface area is 127 Å². The Morgan fingerprint density at radius 1 is 1.14 bits per heavy atom. The zero-order valence-electron chi connectivity index (χ0n) is 12.5. The minimum Gasteiger partial charge on any atom is -0.493 e. The summed E-state index contributed by atoms with van der Waals surface area (Å²) in [6, 6.07) is 6.62. The Morgan fingerprint density at radius 3 is 2.50 bits per heavy atom. The maximum absolute atomic E-state index is 11.7. The van der Waals surface area contributed by atoms with Gasteiger partial charge in [-0.15, -0.1) is 0 Å². The van der Waals surface area contributed by atoms with Crippen LogP contribution in [-0.2, 0) is 0 Å². The molecule has 2 aromatic rings. The molecule has 1 heterocycles. The van der Waals surface area contributed by atoms with Crippen LogP contribution in [0.25, 0.3) is 0 Å². The number of hydrogen-bond donors (Lipinski definition) is 1. The molecule has 0 saturated heterocycles. The number of ether oxygens (including phenoxy) is 3.